The minimum absolute atomic E-state index is 0.0287. The highest BCUT2D eigenvalue weighted by molar-refractivity contribution is 6.51. The van der Waals surface area contributed by atoms with Gasteiger partial charge in [0.05, 0.1) is 30.6 Å². The number of pyridine rings is 1. The summed E-state index contributed by atoms with van der Waals surface area (Å²) in [7, 11) is 1.55. The van der Waals surface area contributed by atoms with Crippen LogP contribution in [0.3, 0.4) is 0 Å². The Labute approximate surface area is 174 Å². The number of amides is 1. The zero-order valence-corrected chi connectivity index (χ0v) is 16.6. The highest BCUT2D eigenvalue weighted by Crippen LogP contribution is 2.42. The van der Waals surface area contributed by atoms with Gasteiger partial charge in [-0.15, -0.1) is 0 Å². The summed E-state index contributed by atoms with van der Waals surface area (Å²) in [5, 5.41) is 11.1. The van der Waals surface area contributed by atoms with Crippen molar-refractivity contribution in [2.24, 2.45) is 0 Å². The van der Waals surface area contributed by atoms with Crippen LogP contribution in [0.15, 0.2) is 78.6 Å². The second-order valence-corrected chi connectivity index (χ2v) is 7.02. The Bertz CT molecular complexity index is 1140. The SMILES string of the molecule is COc1cccc([C@H]2C(=C(O)c3ccc(C)cc3)C(=O)C(=O)N2c2cccnc2)c1. The van der Waals surface area contributed by atoms with Gasteiger partial charge in [0.2, 0.25) is 0 Å². The Morgan fingerprint density at radius 2 is 1.83 bits per heavy atom. The molecule has 6 heteroatoms. The number of aromatic nitrogens is 1. The minimum atomic E-state index is -0.814. The Balaban J connectivity index is 1.95. The van der Waals surface area contributed by atoms with Gasteiger partial charge in [0.15, 0.2) is 0 Å². The molecular formula is C24H20N2O4. The van der Waals surface area contributed by atoms with Crippen LogP contribution in [0, 0.1) is 6.92 Å². The number of ether oxygens (including phenoxy) is 1. The van der Waals surface area contributed by atoms with Gasteiger partial charge >= 0.3 is 0 Å². The van der Waals surface area contributed by atoms with Crippen LogP contribution in [0.5, 0.6) is 5.75 Å². The van der Waals surface area contributed by atoms with E-state index in [2.05, 4.69) is 4.98 Å². The maximum absolute atomic E-state index is 13.0. The maximum atomic E-state index is 13.0. The summed E-state index contributed by atoms with van der Waals surface area (Å²) in [6, 6.07) is 16.8. The third-order valence-corrected chi connectivity index (χ3v) is 5.10. The van der Waals surface area contributed by atoms with Crippen molar-refractivity contribution in [3.05, 3.63) is 95.3 Å². The average Bonchev–Trinajstić information content (AvgIpc) is 3.05. The molecular weight excluding hydrogens is 380 g/mol. The molecule has 2 aromatic carbocycles. The number of hydrogen-bond donors (Lipinski definition) is 1. The van der Waals surface area contributed by atoms with E-state index in [0.29, 0.717) is 22.6 Å². The largest absolute Gasteiger partial charge is 0.507 e. The second-order valence-electron chi connectivity index (χ2n) is 7.02. The molecule has 0 saturated carbocycles. The molecule has 4 rings (SSSR count). The molecule has 6 nitrogen and oxygen atoms in total. The van der Waals surface area contributed by atoms with E-state index < -0.39 is 17.7 Å². The molecule has 0 radical (unpaired) electrons. The summed E-state index contributed by atoms with van der Waals surface area (Å²) < 4.78 is 5.32. The number of rotatable bonds is 4. The summed E-state index contributed by atoms with van der Waals surface area (Å²) in [6.07, 6.45) is 3.11. The molecule has 1 aliphatic rings. The first-order chi connectivity index (χ1) is 14.5. The maximum Gasteiger partial charge on any atom is 0.300 e. The van der Waals surface area contributed by atoms with Crippen molar-refractivity contribution in [1.82, 2.24) is 4.98 Å². The lowest BCUT2D eigenvalue weighted by Gasteiger charge is -2.25. The van der Waals surface area contributed by atoms with Gasteiger partial charge in [-0.2, -0.15) is 0 Å². The monoisotopic (exact) mass is 400 g/mol. The van der Waals surface area contributed by atoms with Crippen molar-refractivity contribution in [2.45, 2.75) is 13.0 Å². The van der Waals surface area contributed by atoms with E-state index in [9.17, 15) is 14.7 Å². The van der Waals surface area contributed by atoms with E-state index in [1.807, 2.05) is 19.1 Å². The third kappa shape index (κ3) is 3.33. The first kappa shape index (κ1) is 19.4. The van der Waals surface area contributed by atoms with Crippen molar-refractivity contribution in [1.29, 1.82) is 0 Å². The second kappa shape index (κ2) is 7.83. The average molecular weight is 400 g/mol. The van der Waals surface area contributed by atoms with Crippen molar-refractivity contribution < 1.29 is 19.4 Å². The summed E-state index contributed by atoms with van der Waals surface area (Å²) in [5.41, 5.74) is 2.63. The third-order valence-electron chi connectivity index (χ3n) is 5.10. The number of ketones is 1. The lowest BCUT2D eigenvalue weighted by Crippen LogP contribution is -2.29. The van der Waals surface area contributed by atoms with E-state index >= 15 is 0 Å². The number of nitrogens with zero attached hydrogens (tertiary/aromatic N) is 2. The molecule has 0 aliphatic carbocycles. The number of benzene rings is 2. The van der Waals surface area contributed by atoms with Gasteiger partial charge in [-0.1, -0.05) is 42.0 Å². The molecule has 1 saturated heterocycles. The highest BCUT2D eigenvalue weighted by Gasteiger charge is 2.47. The number of methoxy groups -OCH3 is 1. The molecule has 1 amide bonds. The van der Waals surface area contributed by atoms with Gasteiger partial charge < -0.3 is 9.84 Å². The molecule has 1 aliphatic heterocycles. The van der Waals surface area contributed by atoms with Crippen LogP contribution in [0.1, 0.15) is 22.7 Å². The van der Waals surface area contributed by atoms with E-state index in [4.69, 9.17) is 4.74 Å². The number of carbonyl (C=O) groups is 2. The molecule has 2 heterocycles. The molecule has 1 N–H and O–H groups in total. The van der Waals surface area contributed by atoms with Crippen molar-refractivity contribution in [3.8, 4) is 5.75 Å². The zero-order valence-electron chi connectivity index (χ0n) is 16.6. The van der Waals surface area contributed by atoms with E-state index in [-0.39, 0.29) is 11.3 Å². The fourth-order valence-corrected chi connectivity index (χ4v) is 3.59. The predicted molar refractivity (Wildman–Crippen MR) is 113 cm³/mol. The summed E-state index contributed by atoms with van der Waals surface area (Å²) in [4.78, 5) is 31.5. The Hall–Kier alpha value is -3.93. The Morgan fingerprint density at radius 1 is 1.07 bits per heavy atom. The number of Topliss-reactive ketones (excluding diaryl/α,β-unsaturated/α-hetero) is 1. The molecule has 0 unspecified atom stereocenters. The van der Waals surface area contributed by atoms with Crippen LogP contribution in [-0.4, -0.2) is 28.9 Å². The standard InChI is InChI=1S/C24H20N2O4/c1-15-8-10-16(11-9-15)22(27)20-21(17-5-3-7-19(13-17)30-2)26(24(29)23(20)28)18-6-4-12-25-14-18/h3-14,21,27H,1-2H3/t21-/m0/s1. The van der Waals surface area contributed by atoms with Crippen LogP contribution < -0.4 is 9.64 Å². The van der Waals surface area contributed by atoms with Crippen LogP contribution in [-0.2, 0) is 9.59 Å². The number of anilines is 1. The number of hydrogen-bond acceptors (Lipinski definition) is 5. The molecule has 1 fully saturated rings. The van der Waals surface area contributed by atoms with Crippen molar-refractivity contribution in [3.63, 3.8) is 0 Å². The van der Waals surface area contributed by atoms with Gasteiger partial charge in [0, 0.05) is 11.8 Å². The van der Waals surface area contributed by atoms with Gasteiger partial charge in [-0.25, -0.2) is 0 Å². The number of aliphatic hydroxyl groups is 1. The lowest BCUT2D eigenvalue weighted by atomic mass is 9.95. The first-order valence-corrected chi connectivity index (χ1v) is 9.43. The molecule has 150 valence electrons. The van der Waals surface area contributed by atoms with Gasteiger partial charge in [0.25, 0.3) is 11.7 Å². The molecule has 1 atom stereocenters. The number of aliphatic hydroxyl groups excluding tert-OH is 1. The quantitative estimate of drug-likeness (QED) is 0.406. The van der Waals surface area contributed by atoms with E-state index in [1.54, 1.807) is 61.8 Å². The molecule has 3 aromatic rings. The smallest absolute Gasteiger partial charge is 0.300 e. The predicted octanol–water partition coefficient (Wildman–Crippen LogP) is 4.02. The summed E-state index contributed by atoms with van der Waals surface area (Å²) >= 11 is 0. The molecule has 1 aromatic heterocycles. The molecule has 0 bridgehead atoms. The Morgan fingerprint density at radius 3 is 2.50 bits per heavy atom. The summed E-state index contributed by atoms with van der Waals surface area (Å²) in [5.74, 6) is -1.10. The molecule has 30 heavy (non-hydrogen) atoms. The topological polar surface area (TPSA) is 79.7 Å². The van der Waals surface area contributed by atoms with Crippen LogP contribution >= 0.6 is 0 Å². The van der Waals surface area contributed by atoms with Crippen LogP contribution in [0.25, 0.3) is 5.76 Å². The van der Waals surface area contributed by atoms with Crippen molar-refractivity contribution in [2.75, 3.05) is 12.0 Å². The summed E-state index contributed by atoms with van der Waals surface area (Å²) in [6.45, 7) is 1.93. The van der Waals surface area contributed by atoms with Gasteiger partial charge in [0.1, 0.15) is 11.5 Å². The number of aryl methyl sites for hydroxylation is 1. The first-order valence-electron chi connectivity index (χ1n) is 9.43. The van der Waals surface area contributed by atoms with E-state index in [0.717, 1.165) is 5.56 Å². The van der Waals surface area contributed by atoms with Gasteiger partial charge in [-0.3, -0.25) is 19.5 Å². The normalized spacial score (nSPS) is 17.9. The van der Waals surface area contributed by atoms with Crippen molar-refractivity contribution >= 4 is 23.1 Å². The minimum Gasteiger partial charge on any atom is -0.507 e. The molecule has 0 spiro atoms. The van der Waals surface area contributed by atoms with Crippen LogP contribution in [0.4, 0.5) is 5.69 Å². The highest BCUT2D eigenvalue weighted by atomic mass is 16.5. The zero-order chi connectivity index (χ0) is 21.3. The fourth-order valence-electron chi connectivity index (χ4n) is 3.59. The number of carbonyl (C=O) groups excluding carboxylic acids is 2. The lowest BCUT2D eigenvalue weighted by molar-refractivity contribution is -0.132. The fraction of sp³-hybridized carbons (Fsp3) is 0.125. The van der Waals surface area contributed by atoms with Gasteiger partial charge in [-0.05, 0) is 36.8 Å². The Kier molecular flexibility index (Phi) is 5.06. The van der Waals surface area contributed by atoms with Crippen LogP contribution in [0.2, 0.25) is 0 Å². The van der Waals surface area contributed by atoms with E-state index in [1.165, 1.54) is 11.1 Å².